The molecule has 0 aliphatic heterocycles. The Hall–Kier alpha value is -0.590. The van der Waals surface area contributed by atoms with E-state index in [1.807, 2.05) is 0 Å². The van der Waals surface area contributed by atoms with Crippen molar-refractivity contribution < 1.29 is 18.3 Å². The van der Waals surface area contributed by atoms with E-state index in [1.54, 1.807) is 6.92 Å². The predicted octanol–water partition coefficient (Wildman–Crippen LogP) is 4.52. The summed E-state index contributed by atoms with van der Waals surface area (Å²) in [7, 11) is 0. The second-order valence-corrected chi connectivity index (χ2v) is 5.29. The molecule has 0 heterocycles. The lowest BCUT2D eigenvalue weighted by Gasteiger charge is -2.15. The predicted molar refractivity (Wildman–Crippen MR) is 74.3 cm³/mol. The summed E-state index contributed by atoms with van der Waals surface area (Å²) in [5, 5.41) is 2.72. The highest BCUT2D eigenvalue weighted by atomic mass is 79.9. The SMILES string of the molecule is CC(CCl)C(=O)Nc1cc(Cl)cc(Br)c1OC(F)F. The third kappa shape index (κ3) is 4.78. The molecule has 3 nitrogen and oxygen atoms in total. The van der Waals surface area contributed by atoms with Gasteiger partial charge in [-0.2, -0.15) is 8.78 Å². The summed E-state index contributed by atoms with van der Waals surface area (Å²) in [6, 6.07) is 2.71. The van der Waals surface area contributed by atoms with E-state index in [2.05, 4.69) is 26.0 Å². The maximum atomic E-state index is 12.3. The molecule has 8 heteroatoms. The van der Waals surface area contributed by atoms with Gasteiger partial charge in [0.05, 0.1) is 10.2 Å². The first kappa shape index (κ1) is 16.5. The second kappa shape index (κ2) is 7.26. The lowest BCUT2D eigenvalue weighted by molar-refractivity contribution is -0.118. The molecule has 1 N–H and O–H groups in total. The molecular formula is C11H10BrCl2F2NO2. The minimum atomic E-state index is -3.02. The molecule has 0 aliphatic carbocycles. The number of halogens is 5. The van der Waals surface area contributed by atoms with Gasteiger partial charge in [-0.15, -0.1) is 11.6 Å². The van der Waals surface area contributed by atoms with Gasteiger partial charge in [0.2, 0.25) is 5.91 Å². The zero-order chi connectivity index (χ0) is 14.6. The number of carbonyl (C=O) groups excluding carboxylic acids is 1. The van der Waals surface area contributed by atoms with E-state index in [4.69, 9.17) is 23.2 Å². The Kier molecular flexibility index (Phi) is 6.29. The molecule has 1 amide bonds. The number of hydrogen-bond acceptors (Lipinski definition) is 2. The average Bonchev–Trinajstić information content (AvgIpc) is 2.32. The zero-order valence-electron chi connectivity index (χ0n) is 9.72. The lowest BCUT2D eigenvalue weighted by Crippen LogP contribution is -2.22. The molecule has 0 radical (unpaired) electrons. The number of rotatable bonds is 5. The number of ether oxygens (including phenoxy) is 1. The van der Waals surface area contributed by atoms with Crippen LogP contribution < -0.4 is 10.1 Å². The molecule has 0 saturated heterocycles. The van der Waals surface area contributed by atoms with Crippen LogP contribution in [-0.4, -0.2) is 18.4 Å². The molecule has 1 aromatic carbocycles. The summed E-state index contributed by atoms with van der Waals surface area (Å²) in [6.45, 7) is -1.41. The summed E-state index contributed by atoms with van der Waals surface area (Å²) in [4.78, 5) is 11.7. The summed E-state index contributed by atoms with van der Waals surface area (Å²) >= 11 is 14.4. The van der Waals surface area contributed by atoms with Gasteiger partial charge in [0, 0.05) is 16.8 Å². The van der Waals surface area contributed by atoms with E-state index in [0.717, 1.165) is 0 Å². The summed E-state index contributed by atoms with van der Waals surface area (Å²) in [5.74, 6) is -0.963. The van der Waals surface area contributed by atoms with Crippen LogP contribution in [0, 0.1) is 5.92 Å². The smallest absolute Gasteiger partial charge is 0.387 e. The van der Waals surface area contributed by atoms with Crippen LogP contribution in [0.4, 0.5) is 14.5 Å². The van der Waals surface area contributed by atoms with Crippen LogP contribution in [0.25, 0.3) is 0 Å². The molecule has 1 unspecified atom stereocenters. The molecule has 1 rings (SSSR count). The monoisotopic (exact) mass is 375 g/mol. The molecule has 0 spiro atoms. The largest absolute Gasteiger partial charge is 0.431 e. The fraction of sp³-hybridized carbons (Fsp3) is 0.364. The molecule has 0 aromatic heterocycles. The van der Waals surface area contributed by atoms with Gasteiger partial charge in [0.1, 0.15) is 0 Å². The number of amides is 1. The minimum absolute atomic E-state index is 0.0571. The number of alkyl halides is 3. The van der Waals surface area contributed by atoms with E-state index < -0.39 is 18.4 Å². The second-order valence-electron chi connectivity index (χ2n) is 3.69. The fourth-order valence-electron chi connectivity index (χ4n) is 1.19. The number of benzene rings is 1. The molecule has 0 fully saturated rings. The highest BCUT2D eigenvalue weighted by molar-refractivity contribution is 9.10. The van der Waals surface area contributed by atoms with Gasteiger partial charge in [0.15, 0.2) is 5.75 Å². The van der Waals surface area contributed by atoms with Crippen molar-refractivity contribution in [1.29, 1.82) is 0 Å². The van der Waals surface area contributed by atoms with Gasteiger partial charge in [-0.3, -0.25) is 4.79 Å². The molecule has 1 aromatic rings. The van der Waals surface area contributed by atoms with E-state index >= 15 is 0 Å². The average molecular weight is 377 g/mol. The van der Waals surface area contributed by atoms with Crippen LogP contribution >= 0.6 is 39.1 Å². The van der Waals surface area contributed by atoms with Gasteiger partial charge in [-0.1, -0.05) is 18.5 Å². The molecule has 0 aliphatic rings. The van der Waals surface area contributed by atoms with Gasteiger partial charge >= 0.3 is 6.61 Å². The zero-order valence-corrected chi connectivity index (χ0v) is 12.8. The van der Waals surface area contributed by atoms with Gasteiger partial charge in [0.25, 0.3) is 0 Å². The first-order chi connectivity index (χ1) is 8.85. The van der Waals surface area contributed by atoms with Crippen LogP contribution in [0.5, 0.6) is 5.75 Å². The Labute approximate surface area is 127 Å². The van der Waals surface area contributed by atoms with Crippen LogP contribution in [0.1, 0.15) is 6.92 Å². The first-order valence-corrected chi connectivity index (χ1v) is 6.86. The molecule has 19 heavy (non-hydrogen) atoms. The van der Waals surface area contributed by atoms with Crippen LogP contribution in [0.2, 0.25) is 5.02 Å². The Morgan fingerprint density at radius 3 is 2.68 bits per heavy atom. The molecule has 1 atom stereocenters. The van der Waals surface area contributed by atoms with Gasteiger partial charge in [-0.05, 0) is 28.1 Å². The number of hydrogen-bond donors (Lipinski definition) is 1. The van der Waals surface area contributed by atoms with E-state index in [9.17, 15) is 13.6 Å². The van der Waals surface area contributed by atoms with E-state index in [-0.39, 0.29) is 26.8 Å². The molecular weight excluding hydrogens is 367 g/mol. The van der Waals surface area contributed by atoms with Crippen LogP contribution in [0.3, 0.4) is 0 Å². The minimum Gasteiger partial charge on any atom is -0.431 e. The van der Waals surface area contributed by atoms with E-state index in [1.165, 1.54) is 12.1 Å². The Morgan fingerprint density at radius 2 is 2.16 bits per heavy atom. The van der Waals surface area contributed by atoms with Crippen molar-refractivity contribution in [3.63, 3.8) is 0 Å². The molecule has 106 valence electrons. The first-order valence-electron chi connectivity index (χ1n) is 5.15. The third-order valence-corrected chi connectivity index (χ3v) is 3.42. The van der Waals surface area contributed by atoms with E-state index in [0.29, 0.717) is 0 Å². The molecule has 0 bridgehead atoms. The third-order valence-electron chi connectivity index (χ3n) is 2.15. The summed E-state index contributed by atoms with van der Waals surface area (Å²) in [5.41, 5.74) is 0.0571. The van der Waals surface area contributed by atoms with Crippen molar-refractivity contribution in [2.45, 2.75) is 13.5 Å². The number of carbonyl (C=O) groups is 1. The maximum Gasteiger partial charge on any atom is 0.387 e. The fourth-order valence-corrected chi connectivity index (χ4v) is 2.23. The Balaban J connectivity index is 3.07. The van der Waals surface area contributed by atoms with Gasteiger partial charge < -0.3 is 10.1 Å². The lowest BCUT2D eigenvalue weighted by atomic mass is 10.2. The Morgan fingerprint density at radius 1 is 1.53 bits per heavy atom. The standard InChI is InChI=1S/C11H10BrCl2F2NO2/c1-5(4-13)10(18)17-8-3-6(14)2-7(12)9(8)19-11(15)16/h2-3,5,11H,4H2,1H3,(H,17,18). The van der Waals surface area contributed by atoms with Crippen LogP contribution in [0.15, 0.2) is 16.6 Å². The summed E-state index contributed by atoms with van der Waals surface area (Å²) < 4.78 is 29.2. The van der Waals surface area contributed by atoms with Crippen molar-refractivity contribution in [2.75, 3.05) is 11.2 Å². The van der Waals surface area contributed by atoms with Crippen molar-refractivity contribution in [3.05, 3.63) is 21.6 Å². The quantitative estimate of drug-likeness (QED) is 0.767. The number of nitrogens with one attached hydrogen (secondary N) is 1. The van der Waals surface area contributed by atoms with Crippen molar-refractivity contribution in [3.8, 4) is 5.75 Å². The van der Waals surface area contributed by atoms with Crippen molar-refractivity contribution in [1.82, 2.24) is 0 Å². The normalized spacial score (nSPS) is 12.4. The van der Waals surface area contributed by atoms with Crippen molar-refractivity contribution >= 4 is 50.7 Å². The summed E-state index contributed by atoms with van der Waals surface area (Å²) in [6.07, 6.45) is 0. The van der Waals surface area contributed by atoms with Crippen LogP contribution in [-0.2, 0) is 4.79 Å². The topological polar surface area (TPSA) is 38.3 Å². The Bertz CT molecular complexity index is 474. The molecule has 0 saturated carbocycles. The number of anilines is 1. The van der Waals surface area contributed by atoms with Crippen molar-refractivity contribution in [2.24, 2.45) is 5.92 Å². The highest BCUT2D eigenvalue weighted by Gasteiger charge is 2.19. The maximum absolute atomic E-state index is 12.3. The highest BCUT2D eigenvalue weighted by Crippen LogP contribution is 2.37. The van der Waals surface area contributed by atoms with Gasteiger partial charge in [-0.25, -0.2) is 0 Å².